The first-order valence-corrected chi connectivity index (χ1v) is 7.90. The van der Waals surface area contributed by atoms with E-state index in [1.807, 2.05) is 0 Å². The Hall–Kier alpha value is -1.64. The van der Waals surface area contributed by atoms with Crippen LogP contribution in [0.2, 0.25) is 5.02 Å². The Labute approximate surface area is 127 Å². The van der Waals surface area contributed by atoms with Gasteiger partial charge < -0.3 is 10.1 Å². The van der Waals surface area contributed by atoms with E-state index in [9.17, 15) is 18.0 Å². The Morgan fingerprint density at radius 2 is 2.00 bits per heavy atom. The number of rotatable bonds is 6. The minimum absolute atomic E-state index is 0.00275. The first kappa shape index (κ1) is 17.4. The topological polar surface area (TPSA) is 110 Å². The van der Waals surface area contributed by atoms with Crippen LogP contribution in [0.3, 0.4) is 0 Å². The van der Waals surface area contributed by atoms with E-state index < -0.39 is 33.8 Å². The number of carbonyl (C=O) groups excluding carboxylic acids is 2. The van der Waals surface area contributed by atoms with Crippen LogP contribution in [-0.2, 0) is 19.6 Å². The Kier molecular flexibility index (Phi) is 6.13. The van der Waals surface area contributed by atoms with Crippen molar-refractivity contribution in [2.24, 2.45) is 0 Å². The molecule has 0 fully saturated rings. The highest BCUT2D eigenvalue weighted by Crippen LogP contribution is 2.14. The Morgan fingerprint density at radius 1 is 1.38 bits per heavy atom. The molecule has 1 atom stereocenters. The third kappa shape index (κ3) is 5.70. The first-order chi connectivity index (χ1) is 9.74. The van der Waals surface area contributed by atoms with Gasteiger partial charge in [0.05, 0.1) is 17.2 Å². The molecule has 0 aliphatic carbocycles. The summed E-state index contributed by atoms with van der Waals surface area (Å²) in [6.07, 6.45) is 0. The third-order valence-electron chi connectivity index (χ3n) is 2.37. The fourth-order valence-electron chi connectivity index (χ4n) is 1.50. The van der Waals surface area contributed by atoms with Gasteiger partial charge in [0.1, 0.15) is 11.8 Å². The van der Waals surface area contributed by atoms with Crippen molar-refractivity contribution in [3.8, 4) is 0 Å². The van der Waals surface area contributed by atoms with Crippen LogP contribution < -0.4 is 5.32 Å². The summed E-state index contributed by atoms with van der Waals surface area (Å²) in [7, 11) is -4.47. The second kappa shape index (κ2) is 7.39. The average molecular weight is 336 g/mol. The van der Waals surface area contributed by atoms with Crippen LogP contribution in [-0.4, -0.2) is 43.2 Å². The number of ether oxygens (including phenoxy) is 1. The minimum atomic E-state index is -4.47. The van der Waals surface area contributed by atoms with Crippen molar-refractivity contribution >= 4 is 33.6 Å². The second-order valence-corrected chi connectivity index (χ2v) is 5.91. The van der Waals surface area contributed by atoms with Crippen molar-refractivity contribution in [1.82, 2.24) is 5.32 Å². The number of benzene rings is 1. The molecule has 1 aromatic rings. The number of amides is 1. The number of hydrogen-bond donors (Lipinski definition) is 2. The molecule has 0 bridgehead atoms. The lowest BCUT2D eigenvalue weighted by atomic mass is 10.2. The van der Waals surface area contributed by atoms with Crippen molar-refractivity contribution in [3.63, 3.8) is 0 Å². The summed E-state index contributed by atoms with van der Waals surface area (Å²) in [5.74, 6) is -2.69. The molecule has 0 spiro atoms. The van der Waals surface area contributed by atoms with Crippen LogP contribution in [0.5, 0.6) is 0 Å². The van der Waals surface area contributed by atoms with Crippen molar-refractivity contribution in [3.05, 3.63) is 34.9 Å². The molecule has 1 rings (SSSR count). The second-order valence-electron chi connectivity index (χ2n) is 4.01. The normalized spacial score (nSPS) is 12.5. The molecule has 0 unspecified atom stereocenters. The molecular weight excluding hydrogens is 322 g/mol. The van der Waals surface area contributed by atoms with Crippen LogP contribution in [0.15, 0.2) is 24.3 Å². The number of nitrogens with one attached hydrogen (secondary N) is 1. The van der Waals surface area contributed by atoms with Gasteiger partial charge in [-0.25, -0.2) is 4.79 Å². The fourth-order valence-corrected chi connectivity index (χ4v) is 2.37. The fraction of sp³-hybridized carbons (Fsp3) is 0.333. The summed E-state index contributed by atoms with van der Waals surface area (Å²) in [4.78, 5) is 23.6. The van der Waals surface area contributed by atoms with E-state index in [2.05, 4.69) is 10.1 Å². The Morgan fingerprint density at radius 3 is 2.52 bits per heavy atom. The van der Waals surface area contributed by atoms with Gasteiger partial charge >= 0.3 is 5.97 Å². The summed E-state index contributed by atoms with van der Waals surface area (Å²) in [5.41, 5.74) is 0.0730. The van der Waals surface area contributed by atoms with Crippen LogP contribution in [0.4, 0.5) is 0 Å². The summed E-state index contributed by atoms with van der Waals surface area (Å²) < 4.78 is 35.3. The molecule has 9 heteroatoms. The predicted octanol–water partition coefficient (Wildman–Crippen LogP) is 0.889. The minimum Gasteiger partial charge on any atom is -0.464 e. The van der Waals surface area contributed by atoms with E-state index in [1.165, 1.54) is 19.1 Å². The average Bonchev–Trinajstić information content (AvgIpc) is 2.37. The Balaban J connectivity index is 2.93. The first-order valence-electron chi connectivity index (χ1n) is 5.91. The molecule has 2 N–H and O–H groups in total. The van der Waals surface area contributed by atoms with Gasteiger partial charge in [-0.3, -0.25) is 9.35 Å². The van der Waals surface area contributed by atoms with E-state index >= 15 is 0 Å². The molecule has 116 valence electrons. The van der Waals surface area contributed by atoms with Crippen molar-refractivity contribution < 1.29 is 27.3 Å². The van der Waals surface area contributed by atoms with E-state index in [4.69, 9.17) is 16.2 Å². The van der Waals surface area contributed by atoms with E-state index in [1.54, 1.807) is 12.1 Å². The largest absolute Gasteiger partial charge is 0.464 e. The van der Waals surface area contributed by atoms with Gasteiger partial charge in [-0.1, -0.05) is 23.7 Å². The van der Waals surface area contributed by atoms with Crippen LogP contribution >= 0.6 is 11.6 Å². The van der Waals surface area contributed by atoms with Gasteiger partial charge in [0.15, 0.2) is 0 Å². The molecular formula is C12H14ClNO6S. The molecule has 0 aliphatic rings. The van der Waals surface area contributed by atoms with Gasteiger partial charge in [-0.05, 0) is 19.1 Å². The van der Waals surface area contributed by atoms with Crippen molar-refractivity contribution in [2.75, 3.05) is 12.4 Å². The van der Waals surface area contributed by atoms with Crippen LogP contribution in [0, 0.1) is 0 Å². The van der Waals surface area contributed by atoms with E-state index in [0.717, 1.165) is 0 Å². The molecule has 1 aromatic carbocycles. The summed E-state index contributed by atoms with van der Waals surface area (Å²) in [5, 5.41) is 2.32. The molecule has 7 nitrogen and oxygen atoms in total. The SMILES string of the molecule is CCOC(=O)[C@H](CS(=O)(=O)O)NC(=O)c1ccccc1Cl. The molecule has 1 amide bonds. The summed E-state index contributed by atoms with van der Waals surface area (Å²) >= 11 is 5.83. The van der Waals surface area contributed by atoms with Crippen molar-refractivity contribution in [1.29, 1.82) is 0 Å². The molecule has 0 saturated carbocycles. The molecule has 0 radical (unpaired) electrons. The smallest absolute Gasteiger partial charge is 0.329 e. The van der Waals surface area contributed by atoms with Gasteiger partial charge in [-0.2, -0.15) is 8.42 Å². The Bertz CT molecular complexity index is 630. The zero-order valence-electron chi connectivity index (χ0n) is 11.1. The zero-order valence-corrected chi connectivity index (χ0v) is 12.6. The van der Waals surface area contributed by atoms with Gasteiger partial charge in [0.2, 0.25) is 0 Å². The number of hydrogen-bond acceptors (Lipinski definition) is 5. The lowest BCUT2D eigenvalue weighted by Crippen LogP contribution is -2.46. The van der Waals surface area contributed by atoms with Gasteiger partial charge in [-0.15, -0.1) is 0 Å². The van der Waals surface area contributed by atoms with E-state index in [0.29, 0.717) is 0 Å². The molecule has 21 heavy (non-hydrogen) atoms. The number of halogens is 1. The number of esters is 1. The lowest BCUT2D eigenvalue weighted by Gasteiger charge is -2.16. The zero-order chi connectivity index (χ0) is 16.0. The maximum Gasteiger partial charge on any atom is 0.329 e. The molecule has 0 heterocycles. The molecule has 0 aromatic heterocycles. The molecule has 0 aliphatic heterocycles. The van der Waals surface area contributed by atoms with Gasteiger partial charge in [0.25, 0.3) is 16.0 Å². The van der Waals surface area contributed by atoms with Gasteiger partial charge in [0, 0.05) is 0 Å². The quantitative estimate of drug-likeness (QED) is 0.590. The predicted molar refractivity (Wildman–Crippen MR) is 75.8 cm³/mol. The highest BCUT2D eigenvalue weighted by molar-refractivity contribution is 7.85. The summed E-state index contributed by atoms with van der Waals surface area (Å²) in [6, 6.07) is 4.53. The van der Waals surface area contributed by atoms with Crippen molar-refractivity contribution in [2.45, 2.75) is 13.0 Å². The van der Waals surface area contributed by atoms with E-state index in [-0.39, 0.29) is 17.2 Å². The maximum atomic E-state index is 12.0. The lowest BCUT2D eigenvalue weighted by molar-refractivity contribution is -0.144. The standard InChI is InChI=1S/C12H14ClNO6S/c1-2-20-12(16)10(7-21(17,18)19)14-11(15)8-5-3-4-6-9(8)13/h3-6,10H,2,7H2,1H3,(H,14,15)(H,17,18,19)/t10-/m0/s1. The highest BCUT2D eigenvalue weighted by Gasteiger charge is 2.28. The summed E-state index contributed by atoms with van der Waals surface area (Å²) in [6.45, 7) is 1.53. The highest BCUT2D eigenvalue weighted by atomic mass is 35.5. The number of carbonyl (C=O) groups is 2. The van der Waals surface area contributed by atoms with Crippen LogP contribution in [0.25, 0.3) is 0 Å². The van der Waals surface area contributed by atoms with Crippen LogP contribution in [0.1, 0.15) is 17.3 Å². The maximum absolute atomic E-state index is 12.0. The molecule has 0 saturated heterocycles. The monoisotopic (exact) mass is 335 g/mol. The third-order valence-corrected chi connectivity index (χ3v) is 3.46.